The number of amides is 2. The first-order chi connectivity index (χ1) is 19.2. The number of rotatable bonds is 11. The van der Waals surface area contributed by atoms with Crippen LogP contribution in [0, 0.1) is 5.92 Å². The molecular weight excluding hydrogens is 527 g/mol. The molecule has 0 unspecified atom stereocenters. The maximum absolute atomic E-state index is 12.8. The standard InChI is InChI=1S/C27H32F3N7O3/c28-27(29,30)20-8-10-31-22(15-20)17-32-26(40)23-18-37(35-34-23)12-5-4-11-36-13-9-21(16-25(36)39)33-24(38)14-19-6-2-1-3-7-19/h8-10,13,15-16,18-19H,1-7,11-12,14,17H2,(H,32,40)(H,33,38). The van der Waals surface area contributed by atoms with Gasteiger partial charge in [0.25, 0.3) is 11.5 Å². The van der Waals surface area contributed by atoms with Crippen LogP contribution in [-0.4, -0.2) is 36.4 Å². The van der Waals surface area contributed by atoms with Crippen LogP contribution in [0.3, 0.4) is 0 Å². The highest BCUT2D eigenvalue weighted by atomic mass is 19.4. The number of unbranched alkanes of at least 4 members (excludes halogenated alkanes) is 1. The Kier molecular flexibility index (Phi) is 9.67. The van der Waals surface area contributed by atoms with E-state index in [-0.39, 0.29) is 29.4 Å². The molecule has 1 aliphatic carbocycles. The first-order valence-electron chi connectivity index (χ1n) is 13.4. The highest BCUT2D eigenvalue weighted by Gasteiger charge is 2.30. The molecule has 1 fully saturated rings. The first-order valence-corrected chi connectivity index (χ1v) is 13.4. The van der Waals surface area contributed by atoms with Gasteiger partial charge in [-0.1, -0.05) is 24.5 Å². The van der Waals surface area contributed by atoms with Gasteiger partial charge in [-0.05, 0) is 49.8 Å². The van der Waals surface area contributed by atoms with Gasteiger partial charge >= 0.3 is 6.18 Å². The molecule has 1 saturated carbocycles. The highest BCUT2D eigenvalue weighted by Crippen LogP contribution is 2.29. The van der Waals surface area contributed by atoms with E-state index < -0.39 is 17.6 Å². The molecule has 0 radical (unpaired) electrons. The monoisotopic (exact) mass is 559 g/mol. The summed E-state index contributed by atoms with van der Waals surface area (Å²) in [6.45, 7) is 0.744. The van der Waals surface area contributed by atoms with Crippen LogP contribution in [0.5, 0.6) is 0 Å². The smallest absolute Gasteiger partial charge is 0.345 e. The lowest BCUT2D eigenvalue weighted by Crippen LogP contribution is -2.24. The van der Waals surface area contributed by atoms with E-state index in [2.05, 4.69) is 25.9 Å². The third-order valence-corrected chi connectivity index (χ3v) is 6.86. The molecule has 3 heterocycles. The van der Waals surface area contributed by atoms with Crippen molar-refractivity contribution in [3.8, 4) is 0 Å². The maximum atomic E-state index is 12.8. The van der Waals surface area contributed by atoms with E-state index in [1.807, 2.05) is 0 Å². The molecular formula is C27H32F3N7O3. The number of hydrogen-bond donors (Lipinski definition) is 2. The van der Waals surface area contributed by atoms with Crippen molar-refractivity contribution < 1.29 is 22.8 Å². The summed E-state index contributed by atoms with van der Waals surface area (Å²) in [5.41, 5.74) is -0.442. The van der Waals surface area contributed by atoms with Crippen LogP contribution in [0.2, 0.25) is 0 Å². The lowest BCUT2D eigenvalue weighted by molar-refractivity contribution is -0.137. The molecule has 2 N–H and O–H groups in total. The fourth-order valence-electron chi connectivity index (χ4n) is 4.72. The molecule has 0 atom stereocenters. The van der Waals surface area contributed by atoms with Crippen LogP contribution in [0.4, 0.5) is 18.9 Å². The fraction of sp³-hybridized carbons (Fsp3) is 0.481. The SMILES string of the molecule is O=C(CC1CCCCC1)Nc1ccn(CCCCn2cc(C(=O)NCc3cc(C(F)(F)F)ccn3)nn2)c(=O)c1. The number of pyridine rings is 2. The normalized spacial score (nSPS) is 14.2. The highest BCUT2D eigenvalue weighted by molar-refractivity contribution is 5.91. The quantitative estimate of drug-likeness (QED) is 0.340. The largest absolute Gasteiger partial charge is 0.416 e. The first kappa shape index (κ1) is 29.0. The van der Waals surface area contributed by atoms with Gasteiger partial charge in [0.2, 0.25) is 5.91 Å². The molecule has 0 spiro atoms. The summed E-state index contributed by atoms with van der Waals surface area (Å²) >= 11 is 0. The number of carbonyl (C=O) groups excluding carboxylic acids is 2. The van der Waals surface area contributed by atoms with Gasteiger partial charge in [0.15, 0.2) is 5.69 Å². The summed E-state index contributed by atoms with van der Waals surface area (Å²) in [5, 5.41) is 13.1. The number of anilines is 1. The molecule has 40 heavy (non-hydrogen) atoms. The Balaban J connectivity index is 1.18. The molecule has 10 nitrogen and oxygen atoms in total. The molecule has 1 aliphatic rings. The van der Waals surface area contributed by atoms with Crippen LogP contribution in [0.1, 0.15) is 73.1 Å². The minimum Gasteiger partial charge on any atom is -0.345 e. The van der Waals surface area contributed by atoms with E-state index in [1.54, 1.807) is 16.8 Å². The number of alkyl halides is 3. The van der Waals surface area contributed by atoms with Gasteiger partial charge in [0.05, 0.1) is 24.0 Å². The van der Waals surface area contributed by atoms with Gasteiger partial charge in [0, 0.05) is 43.7 Å². The van der Waals surface area contributed by atoms with Crippen LogP contribution >= 0.6 is 0 Å². The summed E-state index contributed by atoms with van der Waals surface area (Å²) in [4.78, 5) is 40.9. The number of hydrogen-bond acceptors (Lipinski definition) is 6. The average Bonchev–Trinajstić information content (AvgIpc) is 3.40. The molecule has 3 aromatic rings. The fourth-order valence-corrected chi connectivity index (χ4v) is 4.72. The third kappa shape index (κ3) is 8.48. The van der Waals surface area contributed by atoms with E-state index in [1.165, 1.54) is 36.2 Å². The Bertz CT molecular complexity index is 1360. The van der Waals surface area contributed by atoms with Gasteiger partial charge in [-0.25, -0.2) is 0 Å². The average molecular weight is 560 g/mol. The Hall–Kier alpha value is -4.03. The summed E-state index contributed by atoms with van der Waals surface area (Å²) in [5.74, 6) is -0.216. The third-order valence-electron chi connectivity index (χ3n) is 6.86. The van der Waals surface area contributed by atoms with Gasteiger partial charge in [-0.3, -0.25) is 24.0 Å². The van der Waals surface area contributed by atoms with Crippen LogP contribution in [0.25, 0.3) is 0 Å². The molecule has 3 aromatic heterocycles. The number of halogens is 3. The van der Waals surface area contributed by atoms with Crippen molar-refractivity contribution in [3.05, 3.63) is 70.2 Å². The number of nitrogens with zero attached hydrogens (tertiary/aromatic N) is 5. The topological polar surface area (TPSA) is 124 Å². The lowest BCUT2D eigenvalue weighted by atomic mass is 9.87. The zero-order valence-electron chi connectivity index (χ0n) is 22.0. The molecule has 13 heteroatoms. The summed E-state index contributed by atoms with van der Waals surface area (Å²) < 4.78 is 41.6. The van der Waals surface area contributed by atoms with Crippen LogP contribution in [-0.2, 0) is 30.6 Å². The van der Waals surface area contributed by atoms with Crippen LogP contribution < -0.4 is 16.2 Å². The second-order valence-electron chi connectivity index (χ2n) is 9.99. The Labute approximate surface area is 229 Å². The van der Waals surface area contributed by atoms with E-state index >= 15 is 0 Å². The molecule has 0 bridgehead atoms. The molecule has 4 rings (SSSR count). The number of aryl methyl sites for hydroxylation is 2. The molecule has 2 amide bonds. The summed E-state index contributed by atoms with van der Waals surface area (Å²) in [7, 11) is 0. The van der Waals surface area contributed by atoms with Crippen molar-refractivity contribution in [2.45, 2.75) is 77.2 Å². The second kappa shape index (κ2) is 13.4. The van der Waals surface area contributed by atoms with Crippen molar-refractivity contribution in [2.24, 2.45) is 5.92 Å². The predicted molar refractivity (Wildman–Crippen MR) is 140 cm³/mol. The van der Waals surface area contributed by atoms with E-state index in [9.17, 15) is 27.6 Å². The minimum atomic E-state index is -4.49. The zero-order valence-corrected chi connectivity index (χ0v) is 22.0. The van der Waals surface area contributed by atoms with Crippen molar-refractivity contribution in [2.75, 3.05) is 5.32 Å². The van der Waals surface area contributed by atoms with E-state index in [0.717, 1.165) is 31.2 Å². The molecule has 214 valence electrons. The van der Waals surface area contributed by atoms with Gasteiger partial charge in [-0.2, -0.15) is 13.2 Å². The number of aromatic nitrogens is 5. The van der Waals surface area contributed by atoms with Gasteiger partial charge < -0.3 is 15.2 Å². The summed E-state index contributed by atoms with van der Waals surface area (Å²) in [6.07, 6.45) is 7.22. The Morgan fingerprint density at radius 3 is 2.58 bits per heavy atom. The van der Waals surface area contributed by atoms with Gasteiger partial charge in [-0.15, -0.1) is 5.10 Å². The van der Waals surface area contributed by atoms with Crippen molar-refractivity contribution in [1.82, 2.24) is 29.9 Å². The summed E-state index contributed by atoms with van der Waals surface area (Å²) in [6, 6.07) is 4.89. The predicted octanol–water partition coefficient (Wildman–Crippen LogP) is 4.17. The van der Waals surface area contributed by atoms with Crippen molar-refractivity contribution in [3.63, 3.8) is 0 Å². The molecule has 0 aromatic carbocycles. The Morgan fingerprint density at radius 1 is 1.05 bits per heavy atom. The van der Waals surface area contributed by atoms with Crippen molar-refractivity contribution in [1.29, 1.82) is 0 Å². The molecule has 0 aliphatic heterocycles. The van der Waals surface area contributed by atoms with Crippen LogP contribution in [0.15, 0.2) is 47.7 Å². The number of carbonyl (C=O) groups is 2. The molecule has 0 saturated heterocycles. The Morgan fingerprint density at radius 2 is 1.82 bits per heavy atom. The van der Waals surface area contributed by atoms with E-state index in [0.29, 0.717) is 44.0 Å². The van der Waals surface area contributed by atoms with E-state index in [4.69, 9.17) is 0 Å². The minimum absolute atomic E-state index is 0.0318. The number of nitrogens with one attached hydrogen (secondary N) is 2. The van der Waals surface area contributed by atoms with Gasteiger partial charge in [0.1, 0.15) is 0 Å². The lowest BCUT2D eigenvalue weighted by Gasteiger charge is -2.20. The zero-order chi connectivity index (χ0) is 28.5. The second-order valence-corrected chi connectivity index (χ2v) is 9.99. The maximum Gasteiger partial charge on any atom is 0.416 e. The van der Waals surface area contributed by atoms with Crippen molar-refractivity contribution >= 4 is 17.5 Å².